The molecular weight excluding hydrogens is 392 g/mol. The summed E-state index contributed by atoms with van der Waals surface area (Å²) in [5.74, 6) is 1.36. The Morgan fingerprint density at radius 3 is 2.23 bits per heavy atom. The topological polar surface area (TPSA) is 65.1 Å². The SMILES string of the molecule is CC(C)N1CCN(C(=O)C2CCC(Oc3ccc(C4CNC(=O)N4C)cc3)CC2)CC1. The Labute approximate surface area is 185 Å². The van der Waals surface area contributed by atoms with Gasteiger partial charge in [0.15, 0.2) is 0 Å². The minimum absolute atomic E-state index is 0.0292. The van der Waals surface area contributed by atoms with E-state index in [0.717, 1.165) is 63.2 Å². The van der Waals surface area contributed by atoms with Gasteiger partial charge in [-0.25, -0.2) is 4.79 Å². The molecule has 2 saturated heterocycles. The van der Waals surface area contributed by atoms with Gasteiger partial charge in [-0.3, -0.25) is 9.69 Å². The molecule has 3 fully saturated rings. The predicted molar refractivity (Wildman–Crippen MR) is 120 cm³/mol. The van der Waals surface area contributed by atoms with E-state index >= 15 is 0 Å². The van der Waals surface area contributed by atoms with Crippen molar-refractivity contribution in [1.29, 1.82) is 0 Å². The molecule has 1 aromatic carbocycles. The lowest BCUT2D eigenvalue weighted by Crippen LogP contribution is -2.52. The van der Waals surface area contributed by atoms with Crippen LogP contribution in [0, 0.1) is 5.92 Å². The summed E-state index contributed by atoms with van der Waals surface area (Å²) in [6, 6.07) is 8.68. The third-order valence-electron chi connectivity index (χ3n) is 7.18. The molecule has 0 spiro atoms. The van der Waals surface area contributed by atoms with Gasteiger partial charge in [0.25, 0.3) is 0 Å². The maximum Gasteiger partial charge on any atom is 0.317 e. The minimum atomic E-state index is -0.0292. The molecule has 1 aromatic rings. The molecule has 0 radical (unpaired) electrons. The van der Waals surface area contributed by atoms with Crippen LogP contribution >= 0.6 is 0 Å². The number of ether oxygens (including phenoxy) is 1. The first-order valence-corrected chi connectivity index (χ1v) is 11.7. The maximum atomic E-state index is 12.9. The molecule has 3 aliphatic rings. The molecule has 1 atom stereocenters. The fourth-order valence-corrected chi connectivity index (χ4v) is 5.03. The predicted octanol–water partition coefficient (Wildman–Crippen LogP) is 2.87. The number of urea groups is 1. The van der Waals surface area contributed by atoms with Crippen molar-refractivity contribution in [1.82, 2.24) is 20.0 Å². The Morgan fingerprint density at radius 1 is 1.03 bits per heavy atom. The van der Waals surface area contributed by atoms with Crippen LogP contribution in [0.4, 0.5) is 4.79 Å². The van der Waals surface area contributed by atoms with Crippen molar-refractivity contribution < 1.29 is 14.3 Å². The summed E-state index contributed by atoms with van der Waals surface area (Å²) in [7, 11) is 1.82. The monoisotopic (exact) mass is 428 g/mol. The molecule has 170 valence electrons. The van der Waals surface area contributed by atoms with Crippen molar-refractivity contribution in [3.63, 3.8) is 0 Å². The van der Waals surface area contributed by atoms with E-state index in [1.807, 2.05) is 31.3 Å². The Morgan fingerprint density at radius 2 is 1.68 bits per heavy atom. The van der Waals surface area contributed by atoms with Crippen LogP contribution in [-0.4, -0.2) is 78.6 Å². The molecule has 0 aromatic heterocycles. The number of piperazine rings is 1. The average molecular weight is 429 g/mol. The van der Waals surface area contributed by atoms with E-state index in [0.29, 0.717) is 18.5 Å². The van der Waals surface area contributed by atoms with E-state index < -0.39 is 0 Å². The first kappa shape index (κ1) is 21.9. The van der Waals surface area contributed by atoms with Gasteiger partial charge in [0.2, 0.25) is 5.91 Å². The summed E-state index contributed by atoms with van der Waals surface area (Å²) >= 11 is 0. The van der Waals surface area contributed by atoms with Crippen LogP contribution in [0.15, 0.2) is 24.3 Å². The number of carbonyl (C=O) groups is 2. The number of hydrogen-bond donors (Lipinski definition) is 1. The van der Waals surface area contributed by atoms with E-state index in [2.05, 4.69) is 29.0 Å². The van der Waals surface area contributed by atoms with Gasteiger partial charge < -0.3 is 19.9 Å². The van der Waals surface area contributed by atoms with Gasteiger partial charge >= 0.3 is 6.03 Å². The van der Waals surface area contributed by atoms with Crippen LogP contribution in [0.1, 0.15) is 51.1 Å². The Balaban J connectivity index is 1.23. The van der Waals surface area contributed by atoms with Gasteiger partial charge in [0, 0.05) is 51.7 Å². The maximum absolute atomic E-state index is 12.9. The Kier molecular flexibility index (Phi) is 6.70. The molecular formula is C24H36N4O3. The number of carbonyl (C=O) groups excluding carboxylic acids is 2. The van der Waals surface area contributed by atoms with E-state index in [4.69, 9.17) is 4.74 Å². The van der Waals surface area contributed by atoms with E-state index in [1.54, 1.807) is 4.90 Å². The van der Waals surface area contributed by atoms with Crippen LogP contribution in [0.25, 0.3) is 0 Å². The van der Waals surface area contributed by atoms with Gasteiger partial charge in [0.05, 0.1) is 12.1 Å². The number of likely N-dealkylation sites (N-methyl/N-ethyl adjacent to an activating group) is 1. The van der Waals surface area contributed by atoms with Gasteiger partial charge in [0.1, 0.15) is 5.75 Å². The number of nitrogens with zero attached hydrogens (tertiary/aromatic N) is 3. The molecule has 4 rings (SSSR count). The highest BCUT2D eigenvalue weighted by atomic mass is 16.5. The van der Waals surface area contributed by atoms with Gasteiger partial charge in [-0.2, -0.15) is 0 Å². The van der Waals surface area contributed by atoms with Crippen LogP contribution in [-0.2, 0) is 4.79 Å². The number of benzene rings is 1. The fourth-order valence-electron chi connectivity index (χ4n) is 5.03. The van der Waals surface area contributed by atoms with Gasteiger partial charge in [-0.1, -0.05) is 12.1 Å². The highest BCUT2D eigenvalue weighted by Crippen LogP contribution is 2.30. The van der Waals surface area contributed by atoms with E-state index in [9.17, 15) is 9.59 Å². The highest BCUT2D eigenvalue weighted by molar-refractivity contribution is 5.79. The summed E-state index contributed by atoms with van der Waals surface area (Å²) in [4.78, 5) is 30.9. The smallest absolute Gasteiger partial charge is 0.317 e. The number of rotatable bonds is 5. The molecule has 7 heteroatoms. The molecule has 1 N–H and O–H groups in total. The van der Waals surface area contributed by atoms with Gasteiger partial charge in [-0.05, 0) is 57.2 Å². The quantitative estimate of drug-likeness (QED) is 0.783. The van der Waals surface area contributed by atoms with Crippen molar-refractivity contribution in [3.05, 3.63) is 29.8 Å². The zero-order valence-electron chi connectivity index (χ0n) is 19.0. The van der Waals surface area contributed by atoms with Gasteiger partial charge in [-0.15, -0.1) is 0 Å². The Hall–Kier alpha value is -2.28. The lowest BCUT2D eigenvalue weighted by molar-refractivity contribution is -0.139. The van der Waals surface area contributed by atoms with Crippen molar-refractivity contribution in [2.45, 2.75) is 57.7 Å². The zero-order chi connectivity index (χ0) is 22.0. The molecule has 1 saturated carbocycles. The van der Waals surface area contributed by atoms with Crippen LogP contribution in [0.5, 0.6) is 5.75 Å². The second-order valence-electron chi connectivity index (χ2n) is 9.43. The second-order valence-corrected chi connectivity index (χ2v) is 9.43. The first-order chi connectivity index (χ1) is 14.9. The van der Waals surface area contributed by atoms with Crippen molar-refractivity contribution in [2.24, 2.45) is 5.92 Å². The number of hydrogen-bond acceptors (Lipinski definition) is 4. The normalized spacial score (nSPS) is 27.5. The van der Waals surface area contributed by atoms with E-state index in [-0.39, 0.29) is 24.1 Å². The zero-order valence-corrected chi connectivity index (χ0v) is 19.0. The third-order valence-corrected chi connectivity index (χ3v) is 7.18. The summed E-state index contributed by atoms with van der Waals surface area (Å²) in [6.45, 7) is 8.76. The molecule has 1 unspecified atom stereocenters. The molecule has 3 amide bonds. The number of amides is 3. The average Bonchev–Trinajstić information content (AvgIpc) is 3.13. The van der Waals surface area contributed by atoms with Crippen molar-refractivity contribution in [3.8, 4) is 5.75 Å². The van der Waals surface area contributed by atoms with Crippen molar-refractivity contribution >= 4 is 11.9 Å². The van der Waals surface area contributed by atoms with Crippen LogP contribution in [0.2, 0.25) is 0 Å². The summed E-state index contributed by atoms with van der Waals surface area (Å²) in [5.41, 5.74) is 1.11. The molecule has 2 aliphatic heterocycles. The highest BCUT2D eigenvalue weighted by Gasteiger charge is 2.32. The number of nitrogens with one attached hydrogen (secondary N) is 1. The third kappa shape index (κ3) is 4.97. The first-order valence-electron chi connectivity index (χ1n) is 11.7. The van der Waals surface area contributed by atoms with Crippen molar-refractivity contribution in [2.75, 3.05) is 39.8 Å². The Bertz CT molecular complexity index is 766. The molecule has 0 bridgehead atoms. The second kappa shape index (κ2) is 9.47. The summed E-state index contributed by atoms with van der Waals surface area (Å²) in [5, 5.41) is 2.86. The fraction of sp³-hybridized carbons (Fsp3) is 0.667. The lowest BCUT2D eigenvalue weighted by atomic mass is 9.86. The lowest BCUT2D eigenvalue weighted by Gasteiger charge is -2.39. The standard InChI is InChI=1S/C24H36N4O3/c1-17(2)27-12-14-28(15-13-27)23(29)19-6-10-21(11-7-19)31-20-8-4-18(5-9-20)22-16-25-24(30)26(22)3/h4-5,8-9,17,19,21-22H,6-7,10-16H2,1-3H3,(H,25,30). The summed E-state index contributed by atoms with van der Waals surface area (Å²) in [6.07, 6.45) is 3.84. The molecule has 1 aliphatic carbocycles. The van der Waals surface area contributed by atoms with Crippen LogP contribution < -0.4 is 10.1 Å². The molecule has 31 heavy (non-hydrogen) atoms. The van der Waals surface area contributed by atoms with E-state index in [1.165, 1.54) is 0 Å². The van der Waals surface area contributed by atoms with Crippen LogP contribution in [0.3, 0.4) is 0 Å². The minimum Gasteiger partial charge on any atom is -0.490 e. The summed E-state index contributed by atoms with van der Waals surface area (Å²) < 4.78 is 6.21. The molecule has 2 heterocycles. The molecule has 7 nitrogen and oxygen atoms in total. The largest absolute Gasteiger partial charge is 0.490 e.